The molecule has 4 heteroatoms. The molecular formula is C10H10NO3. The predicted molar refractivity (Wildman–Crippen MR) is 49.3 cm³/mol. The van der Waals surface area contributed by atoms with Crippen molar-refractivity contribution in [3.63, 3.8) is 0 Å². The quantitative estimate of drug-likeness (QED) is 0.536. The molecular weight excluding hydrogens is 182 g/mol. The van der Waals surface area contributed by atoms with Gasteiger partial charge < -0.3 is 4.74 Å². The molecule has 1 heterocycles. The summed E-state index contributed by atoms with van der Waals surface area (Å²) in [6.45, 7) is 1.79. The Morgan fingerprint density at radius 3 is 2.93 bits per heavy atom. The molecule has 0 saturated carbocycles. The summed E-state index contributed by atoms with van der Waals surface area (Å²) < 4.78 is 4.50. The number of hydrogen-bond donors (Lipinski definition) is 0. The van der Waals surface area contributed by atoms with Gasteiger partial charge in [0.25, 0.3) is 0 Å². The highest BCUT2D eigenvalue weighted by atomic mass is 16.6. The van der Waals surface area contributed by atoms with Crippen LogP contribution in [0.1, 0.15) is 23.7 Å². The van der Waals surface area contributed by atoms with Gasteiger partial charge in [-0.05, 0) is 18.6 Å². The minimum absolute atomic E-state index is 0.269. The van der Waals surface area contributed by atoms with Crippen LogP contribution in [0.25, 0.3) is 0 Å². The van der Waals surface area contributed by atoms with Crippen LogP contribution in [-0.4, -0.2) is 16.9 Å². The van der Waals surface area contributed by atoms with Gasteiger partial charge in [-0.3, -0.25) is 9.78 Å². The van der Waals surface area contributed by atoms with E-state index in [0.29, 0.717) is 6.42 Å². The lowest BCUT2D eigenvalue weighted by atomic mass is 10.3. The van der Waals surface area contributed by atoms with Crippen LogP contribution in [0.4, 0.5) is 0 Å². The first-order valence-electron chi connectivity index (χ1n) is 4.23. The first-order valence-corrected chi connectivity index (χ1v) is 4.23. The monoisotopic (exact) mass is 192 g/mol. The maximum Gasteiger partial charge on any atom is 0.347 e. The Morgan fingerprint density at radius 2 is 2.36 bits per heavy atom. The molecule has 0 aliphatic carbocycles. The van der Waals surface area contributed by atoms with Gasteiger partial charge in [0.2, 0.25) is 0 Å². The topological polar surface area (TPSA) is 56.3 Å². The zero-order valence-corrected chi connectivity index (χ0v) is 7.77. The molecule has 0 bridgehead atoms. The average Bonchev–Trinajstić information content (AvgIpc) is 2.19. The van der Waals surface area contributed by atoms with Gasteiger partial charge in [0.05, 0.1) is 12.0 Å². The second kappa shape index (κ2) is 5.11. The van der Waals surface area contributed by atoms with Gasteiger partial charge in [-0.1, -0.05) is 6.92 Å². The Balaban J connectivity index is 2.55. The molecule has 0 aliphatic heterocycles. The summed E-state index contributed by atoms with van der Waals surface area (Å²) in [6.07, 6.45) is 4.73. The van der Waals surface area contributed by atoms with E-state index in [1.54, 1.807) is 13.0 Å². The van der Waals surface area contributed by atoms with Crippen LogP contribution in [0.5, 0.6) is 0 Å². The lowest BCUT2D eigenvalue weighted by Crippen LogP contribution is -2.12. The van der Waals surface area contributed by atoms with Crippen LogP contribution >= 0.6 is 0 Å². The van der Waals surface area contributed by atoms with E-state index < -0.39 is 11.9 Å². The SMILES string of the molecule is CC[CH]C(=O)OC(=O)c1cccnc1. The maximum atomic E-state index is 11.2. The number of esters is 2. The summed E-state index contributed by atoms with van der Waals surface area (Å²) >= 11 is 0. The number of nitrogens with zero attached hydrogens (tertiary/aromatic N) is 1. The summed E-state index contributed by atoms with van der Waals surface area (Å²) in [7, 11) is 0. The van der Waals surface area contributed by atoms with Crippen molar-refractivity contribution in [3.05, 3.63) is 36.5 Å². The molecule has 0 aliphatic rings. The fraction of sp³-hybridized carbons (Fsp3) is 0.200. The molecule has 0 atom stereocenters. The van der Waals surface area contributed by atoms with Crippen molar-refractivity contribution >= 4 is 11.9 Å². The average molecular weight is 192 g/mol. The summed E-state index contributed by atoms with van der Waals surface area (Å²) in [5, 5.41) is 0. The lowest BCUT2D eigenvalue weighted by Gasteiger charge is -2.00. The van der Waals surface area contributed by atoms with Crippen LogP contribution in [0.3, 0.4) is 0 Å². The molecule has 4 nitrogen and oxygen atoms in total. The largest absolute Gasteiger partial charge is 0.389 e. The summed E-state index contributed by atoms with van der Waals surface area (Å²) in [5.74, 6) is -1.30. The first kappa shape index (κ1) is 10.4. The standard InChI is InChI=1S/C10H10NO3/c1-2-4-9(12)14-10(13)8-5-3-6-11-7-8/h3-7H,2H2,1H3. The fourth-order valence-electron chi connectivity index (χ4n) is 0.842. The van der Waals surface area contributed by atoms with Gasteiger partial charge in [0.15, 0.2) is 0 Å². The van der Waals surface area contributed by atoms with E-state index in [0.717, 1.165) is 0 Å². The molecule has 0 unspecified atom stereocenters. The van der Waals surface area contributed by atoms with Crippen molar-refractivity contribution in [2.45, 2.75) is 13.3 Å². The van der Waals surface area contributed by atoms with Crippen molar-refractivity contribution < 1.29 is 14.3 Å². The Kier molecular flexibility index (Phi) is 3.79. The van der Waals surface area contributed by atoms with Crippen molar-refractivity contribution in [1.29, 1.82) is 0 Å². The lowest BCUT2D eigenvalue weighted by molar-refractivity contribution is -0.134. The van der Waals surface area contributed by atoms with Crippen molar-refractivity contribution in [3.8, 4) is 0 Å². The molecule has 1 aromatic rings. The minimum Gasteiger partial charge on any atom is -0.389 e. The third-order valence-corrected chi connectivity index (χ3v) is 1.46. The summed E-state index contributed by atoms with van der Waals surface area (Å²) in [6, 6.07) is 3.14. The van der Waals surface area contributed by atoms with Gasteiger partial charge in [-0.2, -0.15) is 0 Å². The molecule has 0 spiro atoms. The predicted octanol–water partition coefficient (Wildman–Crippen LogP) is 1.38. The van der Waals surface area contributed by atoms with Gasteiger partial charge in [-0.15, -0.1) is 0 Å². The number of rotatable bonds is 3. The van der Waals surface area contributed by atoms with Gasteiger partial charge in [0, 0.05) is 12.4 Å². The number of hydrogen-bond acceptors (Lipinski definition) is 4. The molecule has 0 aromatic carbocycles. The molecule has 73 valence electrons. The van der Waals surface area contributed by atoms with E-state index in [2.05, 4.69) is 9.72 Å². The molecule has 1 aromatic heterocycles. The summed E-state index contributed by atoms with van der Waals surface area (Å²) in [5.41, 5.74) is 0.269. The molecule has 0 amide bonds. The zero-order chi connectivity index (χ0) is 10.4. The molecule has 0 saturated heterocycles. The summed E-state index contributed by atoms with van der Waals surface area (Å²) in [4.78, 5) is 25.9. The first-order chi connectivity index (χ1) is 6.74. The van der Waals surface area contributed by atoms with E-state index in [4.69, 9.17) is 0 Å². The number of pyridine rings is 1. The third kappa shape index (κ3) is 2.97. The highest BCUT2D eigenvalue weighted by molar-refractivity contribution is 5.98. The smallest absolute Gasteiger partial charge is 0.347 e. The van der Waals surface area contributed by atoms with Crippen LogP contribution in [0, 0.1) is 6.42 Å². The van der Waals surface area contributed by atoms with E-state index in [1.807, 2.05) is 0 Å². The van der Waals surface area contributed by atoms with Crippen LogP contribution in [0.15, 0.2) is 24.5 Å². The molecule has 1 rings (SSSR count). The van der Waals surface area contributed by atoms with Crippen molar-refractivity contribution in [2.24, 2.45) is 0 Å². The Labute approximate surface area is 81.9 Å². The number of carbonyl (C=O) groups is 2. The van der Waals surface area contributed by atoms with Crippen molar-refractivity contribution in [1.82, 2.24) is 4.98 Å². The molecule has 1 radical (unpaired) electrons. The Bertz CT molecular complexity index is 321. The van der Waals surface area contributed by atoms with E-state index in [9.17, 15) is 9.59 Å². The van der Waals surface area contributed by atoms with E-state index in [-0.39, 0.29) is 5.56 Å². The Hall–Kier alpha value is -1.71. The molecule has 0 N–H and O–H groups in total. The molecule has 14 heavy (non-hydrogen) atoms. The zero-order valence-electron chi connectivity index (χ0n) is 7.77. The fourth-order valence-corrected chi connectivity index (χ4v) is 0.842. The van der Waals surface area contributed by atoms with Crippen LogP contribution in [0.2, 0.25) is 0 Å². The minimum atomic E-state index is -0.673. The van der Waals surface area contributed by atoms with Gasteiger partial charge in [-0.25, -0.2) is 4.79 Å². The van der Waals surface area contributed by atoms with Gasteiger partial charge in [0.1, 0.15) is 0 Å². The number of carbonyl (C=O) groups excluding carboxylic acids is 2. The Morgan fingerprint density at radius 1 is 1.57 bits per heavy atom. The number of aromatic nitrogens is 1. The highest BCUT2D eigenvalue weighted by Crippen LogP contribution is 2.00. The van der Waals surface area contributed by atoms with E-state index >= 15 is 0 Å². The second-order valence-electron chi connectivity index (χ2n) is 2.56. The molecule has 0 fully saturated rings. The van der Waals surface area contributed by atoms with E-state index in [1.165, 1.54) is 24.9 Å². The number of ether oxygens (including phenoxy) is 1. The highest BCUT2D eigenvalue weighted by Gasteiger charge is 2.11. The van der Waals surface area contributed by atoms with Crippen LogP contribution < -0.4 is 0 Å². The third-order valence-electron chi connectivity index (χ3n) is 1.46. The van der Waals surface area contributed by atoms with Crippen molar-refractivity contribution in [2.75, 3.05) is 0 Å². The van der Waals surface area contributed by atoms with Crippen LogP contribution in [-0.2, 0) is 9.53 Å². The van der Waals surface area contributed by atoms with Gasteiger partial charge >= 0.3 is 11.9 Å². The maximum absolute atomic E-state index is 11.2. The second-order valence-corrected chi connectivity index (χ2v) is 2.56. The normalized spacial score (nSPS) is 9.50.